The number of imidazole rings is 1. The first-order chi connectivity index (χ1) is 16.2. The van der Waals surface area contributed by atoms with Crippen molar-refractivity contribution in [3.8, 4) is 5.75 Å². The number of carbonyl (C=O) groups excluding carboxylic acids is 1. The number of anilines is 2. The van der Waals surface area contributed by atoms with Gasteiger partial charge in [-0.05, 0) is 62.2 Å². The lowest BCUT2D eigenvalue weighted by atomic mass is 9.90. The largest absolute Gasteiger partial charge is 0.573 e. The Balaban J connectivity index is 1.36. The molecule has 1 saturated heterocycles. The standard InChI is InChI=1S/C23H22F3N5O2S/c1-31-18-5-2-14(19(32)10-13-6-8-27-9-7-13)11-17(18)28-21(31)30-22-29-16-4-3-15(12-20(16)34-22)33-23(24,25)26/h2-5,11-13,27H,6-10H2,1H3,(H,28,29,30). The molecular formula is C23H22F3N5O2S. The lowest BCUT2D eigenvalue weighted by Crippen LogP contribution is -2.28. The highest BCUT2D eigenvalue weighted by Crippen LogP contribution is 2.33. The van der Waals surface area contributed by atoms with Gasteiger partial charge in [-0.2, -0.15) is 0 Å². The van der Waals surface area contributed by atoms with Crippen LogP contribution in [0.4, 0.5) is 24.3 Å². The fourth-order valence-electron chi connectivity index (χ4n) is 4.20. The Morgan fingerprint density at radius 3 is 2.74 bits per heavy atom. The average Bonchev–Trinajstić information content (AvgIpc) is 3.33. The van der Waals surface area contributed by atoms with Crippen molar-refractivity contribution in [3.63, 3.8) is 0 Å². The number of nitrogens with zero attached hydrogens (tertiary/aromatic N) is 3. The highest BCUT2D eigenvalue weighted by Gasteiger charge is 2.31. The van der Waals surface area contributed by atoms with Crippen LogP contribution in [-0.4, -0.2) is 39.8 Å². The number of carbonyl (C=O) groups is 1. The van der Waals surface area contributed by atoms with Gasteiger partial charge in [-0.25, -0.2) is 9.97 Å². The van der Waals surface area contributed by atoms with E-state index >= 15 is 0 Å². The maximum absolute atomic E-state index is 12.8. The van der Waals surface area contributed by atoms with Gasteiger partial charge in [0.15, 0.2) is 10.9 Å². The summed E-state index contributed by atoms with van der Waals surface area (Å²) >= 11 is 1.20. The third kappa shape index (κ3) is 4.85. The quantitative estimate of drug-likeness (QED) is 0.353. The number of ketones is 1. The molecule has 0 saturated carbocycles. The number of hydrogen-bond donors (Lipinski definition) is 2. The summed E-state index contributed by atoms with van der Waals surface area (Å²) in [6.07, 6.45) is -2.19. The van der Waals surface area contributed by atoms with Crippen molar-refractivity contribution in [3.05, 3.63) is 42.0 Å². The van der Waals surface area contributed by atoms with Crippen LogP contribution in [0.5, 0.6) is 5.75 Å². The molecule has 7 nitrogen and oxygen atoms in total. The number of nitrogens with one attached hydrogen (secondary N) is 2. The SMILES string of the molecule is Cn1c(Nc2nc3ccc(OC(F)(F)F)cc3s2)nc2cc(C(=O)CC3CCNCC3)ccc21. The number of thiazole rings is 1. The fourth-order valence-corrected chi connectivity index (χ4v) is 5.09. The Labute approximate surface area is 197 Å². The summed E-state index contributed by atoms with van der Waals surface area (Å²) < 4.78 is 43.9. The maximum Gasteiger partial charge on any atom is 0.573 e. The van der Waals surface area contributed by atoms with E-state index in [0.29, 0.717) is 44.7 Å². The predicted octanol–water partition coefficient (Wildman–Crippen LogP) is 5.40. The van der Waals surface area contributed by atoms with E-state index in [0.717, 1.165) is 31.4 Å². The fraction of sp³-hybridized carbons (Fsp3) is 0.348. The van der Waals surface area contributed by atoms with Crippen molar-refractivity contribution in [1.29, 1.82) is 0 Å². The lowest BCUT2D eigenvalue weighted by Gasteiger charge is -2.21. The lowest BCUT2D eigenvalue weighted by molar-refractivity contribution is -0.274. The van der Waals surface area contributed by atoms with Crippen LogP contribution in [0.25, 0.3) is 21.3 Å². The van der Waals surface area contributed by atoms with Crippen molar-refractivity contribution < 1.29 is 22.7 Å². The van der Waals surface area contributed by atoms with E-state index in [9.17, 15) is 18.0 Å². The number of fused-ring (bicyclic) bond motifs is 2. The normalized spacial score (nSPS) is 15.2. The number of alkyl halides is 3. The van der Waals surface area contributed by atoms with Gasteiger partial charge >= 0.3 is 6.36 Å². The van der Waals surface area contributed by atoms with Crippen LogP contribution in [0.1, 0.15) is 29.6 Å². The third-order valence-corrected chi connectivity index (χ3v) is 6.88. The molecule has 34 heavy (non-hydrogen) atoms. The minimum Gasteiger partial charge on any atom is -0.406 e. The molecule has 1 fully saturated rings. The van der Waals surface area contributed by atoms with Crippen LogP contribution >= 0.6 is 11.3 Å². The first-order valence-electron chi connectivity index (χ1n) is 10.9. The Morgan fingerprint density at radius 2 is 1.97 bits per heavy atom. The topological polar surface area (TPSA) is 81.1 Å². The van der Waals surface area contributed by atoms with E-state index in [1.165, 1.54) is 29.5 Å². The number of aryl methyl sites for hydroxylation is 1. The molecule has 0 atom stereocenters. The maximum atomic E-state index is 12.8. The van der Waals surface area contributed by atoms with Crippen LogP contribution in [0, 0.1) is 5.92 Å². The molecule has 3 heterocycles. The van der Waals surface area contributed by atoms with Gasteiger partial charge in [-0.15, -0.1) is 13.2 Å². The summed E-state index contributed by atoms with van der Waals surface area (Å²) in [5.41, 5.74) is 2.73. The number of ether oxygens (including phenoxy) is 1. The number of hydrogen-bond acceptors (Lipinski definition) is 7. The second kappa shape index (κ2) is 8.88. The van der Waals surface area contributed by atoms with Crippen LogP contribution in [0.3, 0.4) is 0 Å². The summed E-state index contributed by atoms with van der Waals surface area (Å²) in [5, 5.41) is 6.94. The predicted molar refractivity (Wildman–Crippen MR) is 125 cm³/mol. The van der Waals surface area contributed by atoms with Gasteiger partial charge in [0, 0.05) is 25.1 Å². The summed E-state index contributed by atoms with van der Waals surface area (Å²) in [6, 6.07) is 9.53. The monoisotopic (exact) mass is 489 g/mol. The van der Waals surface area contributed by atoms with E-state index in [2.05, 4.69) is 25.3 Å². The summed E-state index contributed by atoms with van der Waals surface area (Å²) in [7, 11) is 1.84. The molecule has 178 valence electrons. The van der Waals surface area contributed by atoms with Gasteiger partial charge in [0.05, 0.1) is 21.3 Å². The van der Waals surface area contributed by atoms with Crippen LogP contribution < -0.4 is 15.4 Å². The summed E-state index contributed by atoms with van der Waals surface area (Å²) in [5.74, 6) is 0.756. The van der Waals surface area contributed by atoms with E-state index in [1.54, 1.807) is 0 Å². The minimum atomic E-state index is -4.75. The molecule has 11 heteroatoms. The molecule has 2 aromatic heterocycles. The smallest absolute Gasteiger partial charge is 0.406 e. The van der Waals surface area contributed by atoms with Crippen molar-refractivity contribution in [1.82, 2.24) is 19.9 Å². The van der Waals surface area contributed by atoms with Crippen molar-refractivity contribution in [2.45, 2.75) is 25.6 Å². The van der Waals surface area contributed by atoms with Gasteiger partial charge < -0.3 is 19.9 Å². The Kier molecular flexibility index (Phi) is 5.90. The van der Waals surface area contributed by atoms with Gasteiger partial charge in [-0.3, -0.25) is 4.79 Å². The highest BCUT2D eigenvalue weighted by molar-refractivity contribution is 7.22. The second-order valence-electron chi connectivity index (χ2n) is 8.34. The molecule has 5 rings (SSSR count). The van der Waals surface area contributed by atoms with Gasteiger partial charge in [0.2, 0.25) is 5.95 Å². The van der Waals surface area contributed by atoms with Crippen molar-refractivity contribution in [2.24, 2.45) is 13.0 Å². The van der Waals surface area contributed by atoms with E-state index in [1.807, 2.05) is 29.8 Å². The minimum absolute atomic E-state index is 0.122. The molecule has 0 unspecified atom stereocenters. The van der Waals surface area contributed by atoms with Crippen LogP contribution in [-0.2, 0) is 7.05 Å². The number of halogens is 3. The van der Waals surface area contributed by atoms with Crippen molar-refractivity contribution in [2.75, 3.05) is 18.4 Å². The molecular weight excluding hydrogens is 467 g/mol. The summed E-state index contributed by atoms with van der Waals surface area (Å²) in [4.78, 5) is 21.8. The van der Waals surface area contributed by atoms with Crippen LogP contribution in [0.2, 0.25) is 0 Å². The summed E-state index contributed by atoms with van der Waals surface area (Å²) in [6.45, 7) is 1.91. The molecule has 0 amide bonds. The molecule has 2 N–H and O–H groups in total. The number of aromatic nitrogens is 3. The average molecular weight is 490 g/mol. The first kappa shape index (κ1) is 22.6. The number of rotatable bonds is 6. The van der Waals surface area contributed by atoms with E-state index < -0.39 is 6.36 Å². The zero-order chi connectivity index (χ0) is 23.9. The highest BCUT2D eigenvalue weighted by atomic mass is 32.1. The van der Waals surface area contributed by atoms with Gasteiger partial charge in [0.1, 0.15) is 5.75 Å². The third-order valence-electron chi connectivity index (χ3n) is 5.95. The number of Topliss-reactive ketones (excluding diaryl/α,β-unsaturated/α-hetero) is 1. The zero-order valence-electron chi connectivity index (χ0n) is 18.3. The van der Waals surface area contributed by atoms with E-state index in [-0.39, 0.29) is 11.5 Å². The molecule has 2 aromatic carbocycles. The Hall–Kier alpha value is -3.18. The molecule has 1 aliphatic rings. The molecule has 0 spiro atoms. The molecule has 0 bridgehead atoms. The van der Waals surface area contributed by atoms with Gasteiger partial charge in [0.25, 0.3) is 0 Å². The number of piperidine rings is 1. The zero-order valence-corrected chi connectivity index (χ0v) is 19.1. The van der Waals surface area contributed by atoms with Crippen molar-refractivity contribution >= 4 is 49.4 Å². The van der Waals surface area contributed by atoms with Gasteiger partial charge in [-0.1, -0.05) is 11.3 Å². The molecule has 4 aromatic rings. The van der Waals surface area contributed by atoms with Crippen LogP contribution in [0.15, 0.2) is 36.4 Å². The number of benzene rings is 2. The first-order valence-corrected chi connectivity index (χ1v) is 11.7. The molecule has 0 aliphatic carbocycles. The Bertz CT molecular complexity index is 1360. The molecule has 1 aliphatic heterocycles. The van der Waals surface area contributed by atoms with E-state index in [4.69, 9.17) is 0 Å². The Morgan fingerprint density at radius 1 is 1.18 bits per heavy atom. The second-order valence-corrected chi connectivity index (χ2v) is 9.37. The molecule has 0 radical (unpaired) electrons.